The summed E-state index contributed by atoms with van der Waals surface area (Å²) in [6.07, 6.45) is -0.428. The van der Waals surface area contributed by atoms with Crippen molar-refractivity contribution in [3.05, 3.63) is 35.9 Å². The number of ketones is 1. The first-order valence-electron chi connectivity index (χ1n) is 9.05. The molecule has 0 spiro atoms. The van der Waals surface area contributed by atoms with Gasteiger partial charge in [-0.2, -0.15) is 0 Å². The molecule has 0 radical (unpaired) electrons. The molecule has 1 aromatic rings. The molecule has 0 saturated heterocycles. The second-order valence-electron chi connectivity index (χ2n) is 6.49. The molecule has 1 rings (SSSR count). The highest BCUT2D eigenvalue weighted by molar-refractivity contribution is 5.92. The standard InChI is InChI=1S/C19H30N4O4/c1-13(2)18(25)15(10-21)23-17(24)11-22-19(26)16(8-9-20)27-12-14-6-4-3-5-7-14/h3-7,13,15-16H,8-12,20-21H2,1-2H3,(H,22,26)(H,23,24). The number of ether oxygens (including phenoxy) is 1. The third kappa shape index (κ3) is 8.29. The van der Waals surface area contributed by atoms with Gasteiger partial charge in [-0.1, -0.05) is 44.2 Å². The van der Waals surface area contributed by atoms with Gasteiger partial charge >= 0.3 is 0 Å². The Morgan fingerprint density at radius 2 is 1.78 bits per heavy atom. The van der Waals surface area contributed by atoms with Crippen LogP contribution in [0.5, 0.6) is 0 Å². The molecule has 8 heteroatoms. The van der Waals surface area contributed by atoms with E-state index >= 15 is 0 Å². The summed E-state index contributed by atoms with van der Waals surface area (Å²) in [4.78, 5) is 36.2. The first-order chi connectivity index (χ1) is 12.9. The Balaban J connectivity index is 2.50. The van der Waals surface area contributed by atoms with Gasteiger partial charge in [-0.3, -0.25) is 14.4 Å². The topological polar surface area (TPSA) is 137 Å². The fourth-order valence-corrected chi connectivity index (χ4v) is 2.39. The molecule has 0 fully saturated rings. The molecule has 0 aliphatic carbocycles. The van der Waals surface area contributed by atoms with E-state index in [1.807, 2.05) is 30.3 Å². The summed E-state index contributed by atoms with van der Waals surface area (Å²) in [5, 5.41) is 5.06. The number of nitrogens with two attached hydrogens (primary N) is 2. The molecule has 0 aliphatic rings. The molecular weight excluding hydrogens is 348 g/mol. The molecule has 0 aliphatic heterocycles. The first kappa shape index (κ1) is 22.8. The molecule has 0 saturated carbocycles. The van der Waals surface area contributed by atoms with Crippen molar-refractivity contribution in [2.45, 2.75) is 39.0 Å². The summed E-state index contributed by atoms with van der Waals surface area (Å²) in [7, 11) is 0. The van der Waals surface area contributed by atoms with Gasteiger partial charge in [0.25, 0.3) is 0 Å². The number of amides is 2. The molecular formula is C19H30N4O4. The molecule has 8 nitrogen and oxygen atoms in total. The van der Waals surface area contributed by atoms with Crippen LogP contribution in [0.25, 0.3) is 0 Å². The monoisotopic (exact) mass is 378 g/mol. The maximum Gasteiger partial charge on any atom is 0.249 e. The van der Waals surface area contributed by atoms with Crippen LogP contribution in [0.2, 0.25) is 0 Å². The Kier molecular flexibility index (Phi) is 10.2. The second-order valence-corrected chi connectivity index (χ2v) is 6.49. The molecule has 0 heterocycles. The largest absolute Gasteiger partial charge is 0.364 e. The lowest BCUT2D eigenvalue weighted by molar-refractivity contribution is -0.136. The molecule has 0 bridgehead atoms. The number of hydrogen-bond acceptors (Lipinski definition) is 6. The number of benzene rings is 1. The number of Topliss-reactive ketones (excluding diaryl/α,β-unsaturated/α-hetero) is 1. The van der Waals surface area contributed by atoms with Crippen molar-refractivity contribution in [1.29, 1.82) is 0 Å². The van der Waals surface area contributed by atoms with E-state index in [2.05, 4.69) is 10.6 Å². The Bertz CT molecular complexity index is 607. The molecule has 6 N–H and O–H groups in total. The summed E-state index contributed by atoms with van der Waals surface area (Å²) in [5.74, 6) is -1.30. The van der Waals surface area contributed by atoms with Crippen LogP contribution in [-0.4, -0.2) is 49.4 Å². The first-order valence-corrected chi connectivity index (χ1v) is 9.05. The third-order valence-electron chi connectivity index (χ3n) is 3.92. The summed E-state index contributed by atoms with van der Waals surface area (Å²) in [6.45, 7) is 3.75. The van der Waals surface area contributed by atoms with Crippen LogP contribution >= 0.6 is 0 Å². The van der Waals surface area contributed by atoms with Crippen LogP contribution in [0.4, 0.5) is 0 Å². The van der Waals surface area contributed by atoms with E-state index in [1.54, 1.807) is 13.8 Å². The van der Waals surface area contributed by atoms with Crippen molar-refractivity contribution in [1.82, 2.24) is 10.6 Å². The molecule has 150 valence electrons. The average Bonchev–Trinajstić information content (AvgIpc) is 2.67. The lowest BCUT2D eigenvalue weighted by Gasteiger charge is -2.19. The maximum atomic E-state index is 12.3. The fraction of sp³-hybridized carbons (Fsp3) is 0.526. The van der Waals surface area contributed by atoms with E-state index in [0.717, 1.165) is 5.56 Å². The summed E-state index contributed by atoms with van der Waals surface area (Å²) in [6, 6.07) is 8.68. The van der Waals surface area contributed by atoms with Crippen molar-refractivity contribution < 1.29 is 19.1 Å². The lowest BCUT2D eigenvalue weighted by atomic mass is 10.0. The molecule has 27 heavy (non-hydrogen) atoms. The Morgan fingerprint density at radius 3 is 2.33 bits per heavy atom. The predicted octanol–water partition coefficient (Wildman–Crippen LogP) is -0.295. The maximum absolute atomic E-state index is 12.3. The Morgan fingerprint density at radius 1 is 1.11 bits per heavy atom. The molecule has 1 aromatic carbocycles. The van der Waals surface area contributed by atoms with Gasteiger partial charge in [0.05, 0.1) is 19.2 Å². The minimum atomic E-state index is -0.761. The van der Waals surface area contributed by atoms with Gasteiger partial charge in [0, 0.05) is 12.5 Å². The van der Waals surface area contributed by atoms with Gasteiger partial charge in [0.2, 0.25) is 11.8 Å². The van der Waals surface area contributed by atoms with Gasteiger partial charge in [-0.15, -0.1) is 0 Å². The van der Waals surface area contributed by atoms with Crippen molar-refractivity contribution in [3.8, 4) is 0 Å². The van der Waals surface area contributed by atoms with Crippen molar-refractivity contribution in [2.75, 3.05) is 19.6 Å². The van der Waals surface area contributed by atoms with Gasteiger partial charge in [-0.25, -0.2) is 0 Å². The van der Waals surface area contributed by atoms with Crippen LogP contribution < -0.4 is 22.1 Å². The van der Waals surface area contributed by atoms with Crippen LogP contribution in [0.3, 0.4) is 0 Å². The second kappa shape index (κ2) is 12.2. The molecule has 2 amide bonds. The Hall–Kier alpha value is -2.29. The van der Waals surface area contributed by atoms with Gasteiger partial charge < -0.3 is 26.8 Å². The number of carbonyl (C=O) groups excluding carboxylic acids is 3. The van der Waals surface area contributed by atoms with E-state index in [1.165, 1.54) is 0 Å². The number of nitrogens with one attached hydrogen (secondary N) is 2. The van der Waals surface area contributed by atoms with E-state index in [0.29, 0.717) is 6.42 Å². The summed E-state index contributed by atoms with van der Waals surface area (Å²) in [5.41, 5.74) is 12.0. The normalized spacial score (nSPS) is 13.1. The summed E-state index contributed by atoms with van der Waals surface area (Å²) >= 11 is 0. The highest BCUT2D eigenvalue weighted by Crippen LogP contribution is 2.06. The molecule has 2 atom stereocenters. The van der Waals surface area contributed by atoms with Crippen LogP contribution in [0, 0.1) is 5.92 Å². The zero-order chi connectivity index (χ0) is 20.2. The van der Waals surface area contributed by atoms with E-state index in [4.69, 9.17) is 16.2 Å². The zero-order valence-electron chi connectivity index (χ0n) is 15.9. The quantitative estimate of drug-likeness (QED) is 0.394. The minimum absolute atomic E-state index is 0.00663. The number of carbonyl (C=O) groups is 3. The third-order valence-corrected chi connectivity index (χ3v) is 3.92. The number of rotatable bonds is 12. The van der Waals surface area contributed by atoms with Gasteiger partial charge in [-0.05, 0) is 18.5 Å². The summed E-state index contributed by atoms with van der Waals surface area (Å²) < 4.78 is 5.64. The average molecular weight is 378 g/mol. The highest BCUT2D eigenvalue weighted by atomic mass is 16.5. The number of hydrogen-bond donors (Lipinski definition) is 4. The van der Waals surface area contributed by atoms with Crippen LogP contribution in [0.15, 0.2) is 30.3 Å². The minimum Gasteiger partial charge on any atom is -0.364 e. The molecule has 0 aromatic heterocycles. The van der Waals surface area contributed by atoms with Gasteiger partial charge in [0.15, 0.2) is 5.78 Å². The van der Waals surface area contributed by atoms with Crippen molar-refractivity contribution in [3.63, 3.8) is 0 Å². The Labute approximate surface area is 160 Å². The molecule has 2 unspecified atom stereocenters. The van der Waals surface area contributed by atoms with E-state index in [9.17, 15) is 14.4 Å². The van der Waals surface area contributed by atoms with Crippen LogP contribution in [0.1, 0.15) is 25.8 Å². The lowest BCUT2D eigenvalue weighted by Crippen LogP contribution is -2.51. The van der Waals surface area contributed by atoms with E-state index in [-0.39, 0.29) is 37.9 Å². The van der Waals surface area contributed by atoms with Crippen molar-refractivity contribution in [2.24, 2.45) is 17.4 Å². The van der Waals surface area contributed by atoms with E-state index < -0.39 is 24.0 Å². The van der Waals surface area contributed by atoms with Crippen molar-refractivity contribution >= 4 is 17.6 Å². The predicted molar refractivity (Wildman–Crippen MR) is 103 cm³/mol. The fourth-order valence-electron chi connectivity index (χ4n) is 2.39. The highest BCUT2D eigenvalue weighted by Gasteiger charge is 2.23. The zero-order valence-corrected chi connectivity index (χ0v) is 15.9. The van der Waals surface area contributed by atoms with Gasteiger partial charge in [0.1, 0.15) is 6.10 Å². The van der Waals surface area contributed by atoms with Crippen LogP contribution in [-0.2, 0) is 25.7 Å². The SMILES string of the molecule is CC(C)C(=O)C(CN)NC(=O)CNC(=O)C(CCN)OCc1ccccc1. The smallest absolute Gasteiger partial charge is 0.249 e.